The lowest BCUT2D eigenvalue weighted by Crippen LogP contribution is -2.59. The lowest BCUT2D eigenvalue weighted by atomic mass is 9.34. The van der Waals surface area contributed by atoms with Crippen molar-refractivity contribution < 1.29 is 0 Å². The minimum Gasteiger partial charge on any atom is -0.310 e. The van der Waals surface area contributed by atoms with Gasteiger partial charge in [-0.1, -0.05) is 145 Å². The Morgan fingerprint density at radius 2 is 1.00 bits per heavy atom. The molecule has 7 aromatic carbocycles. The number of para-hydroxylation sites is 1. The summed E-state index contributed by atoms with van der Waals surface area (Å²) in [6, 6.07) is 53.2. The summed E-state index contributed by atoms with van der Waals surface area (Å²) in [5.41, 5.74) is 19.7. The van der Waals surface area contributed by atoms with Crippen LogP contribution in [0.2, 0.25) is 0 Å². The molecule has 0 bridgehead atoms. The van der Waals surface area contributed by atoms with Crippen LogP contribution in [-0.4, -0.2) is 15.8 Å². The number of aromatic nitrogens is 2. The van der Waals surface area contributed by atoms with E-state index in [1.807, 2.05) is 0 Å². The lowest BCUT2D eigenvalue weighted by molar-refractivity contribution is 0.591. The van der Waals surface area contributed by atoms with E-state index in [2.05, 4.69) is 190 Å². The highest BCUT2D eigenvalue weighted by atomic mass is 15.0. The molecule has 0 amide bonds. The summed E-state index contributed by atoms with van der Waals surface area (Å²) in [5, 5.41) is 5.33. The minimum atomic E-state index is 0.0252. The lowest BCUT2D eigenvalue weighted by Gasteiger charge is -2.34. The number of rotatable bonds is 2. The van der Waals surface area contributed by atoms with Crippen molar-refractivity contribution in [3.63, 3.8) is 0 Å². The Labute approximate surface area is 311 Å². The normalized spacial score (nSPS) is 13.4. The Balaban J connectivity index is 1.35. The maximum absolute atomic E-state index is 2.62. The number of hydrogen-bond acceptors (Lipinski definition) is 0. The first-order chi connectivity index (χ1) is 25.6. The third-order valence-electron chi connectivity index (χ3n) is 12.2. The molecule has 0 N–H and O–H groups in total. The molecule has 0 atom stereocenters. The van der Waals surface area contributed by atoms with Crippen LogP contribution < -0.4 is 16.4 Å². The van der Waals surface area contributed by atoms with Crippen LogP contribution in [0.1, 0.15) is 52.7 Å². The number of nitrogens with zero attached hydrogens (tertiary/aromatic N) is 2. The molecule has 0 saturated carbocycles. The average Bonchev–Trinajstić information content (AvgIpc) is 3.69. The van der Waals surface area contributed by atoms with Gasteiger partial charge in [0.15, 0.2) is 0 Å². The van der Waals surface area contributed by atoms with Crippen molar-refractivity contribution in [3.05, 3.63) is 151 Å². The zero-order valence-electron chi connectivity index (χ0n) is 31.3. The first-order valence-electron chi connectivity index (χ1n) is 19.1. The van der Waals surface area contributed by atoms with Crippen LogP contribution in [0.4, 0.5) is 0 Å². The van der Waals surface area contributed by atoms with Crippen LogP contribution >= 0.6 is 0 Å². The molecule has 0 fully saturated rings. The van der Waals surface area contributed by atoms with Crippen molar-refractivity contribution in [1.82, 2.24) is 9.13 Å². The van der Waals surface area contributed by atoms with E-state index < -0.39 is 0 Å². The molecule has 9 aromatic rings. The summed E-state index contributed by atoms with van der Waals surface area (Å²) in [5.74, 6) is 0. The van der Waals surface area contributed by atoms with E-state index in [-0.39, 0.29) is 17.5 Å². The Morgan fingerprint density at radius 3 is 1.64 bits per heavy atom. The van der Waals surface area contributed by atoms with Gasteiger partial charge >= 0.3 is 0 Å². The van der Waals surface area contributed by atoms with Crippen molar-refractivity contribution in [2.24, 2.45) is 0 Å². The predicted octanol–water partition coefficient (Wildman–Crippen LogP) is 11.0. The third kappa shape index (κ3) is 4.17. The Hall–Kier alpha value is -5.80. The molecule has 2 aromatic heterocycles. The maximum Gasteiger partial charge on any atom is 0.252 e. The Kier molecular flexibility index (Phi) is 6.05. The summed E-state index contributed by atoms with van der Waals surface area (Å²) in [4.78, 5) is 0. The summed E-state index contributed by atoms with van der Waals surface area (Å²) < 4.78 is 5.22. The summed E-state index contributed by atoms with van der Waals surface area (Å²) >= 11 is 0. The van der Waals surface area contributed by atoms with Gasteiger partial charge in [-0.2, -0.15) is 0 Å². The molecule has 0 spiro atoms. The van der Waals surface area contributed by atoms with E-state index in [0.717, 1.165) is 0 Å². The summed E-state index contributed by atoms with van der Waals surface area (Å²) in [7, 11) is 0. The number of hydrogen-bond donors (Lipinski definition) is 0. The fourth-order valence-corrected chi connectivity index (χ4v) is 9.59. The minimum absolute atomic E-state index is 0.0252. The monoisotopic (exact) mass is 680 g/mol. The largest absolute Gasteiger partial charge is 0.310 e. The highest BCUT2D eigenvalue weighted by Gasteiger charge is 2.41. The second-order valence-corrected chi connectivity index (χ2v) is 17.4. The molecule has 2 aliphatic rings. The van der Waals surface area contributed by atoms with Crippen LogP contribution in [0.5, 0.6) is 0 Å². The van der Waals surface area contributed by atoms with E-state index >= 15 is 0 Å². The Morgan fingerprint density at radius 1 is 0.434 bits per heavy atom. The van der Waals surface area contributed by atoms with Crippen LogP contribution in [0.3, 0.4) is 0 Å². The quantitative estimate of drug-likeness (QED) is 0.161. The molecular weight excluding hydrogens is 639 g/mol. The SMILES string of the molecule is CC(C)(C)c1ccc2c(c1)c1cccc3c1n2-c1cc(-c2ccccc2)cc2c1B3c1ccc(-c3ccccc3)c3c4cc(C(C)(C)C)ccc4n-2c13. The third-order valence-corrected chi connectivity index (χ3v) is 12.2. The molecule has 0 radical (unpaired) electrons. The first-order valence-corrected chi connectivity index (χ1v) is 19.1. The Bertz CT molecular complexity index is 3000. The molecule has 0 aliphatic carbocycles. The number of benzene rings is 7. The molecule has 3 heteroatoms. The van der Waals surface area contributed by atoms with Gasteiger partial charge in [-0.3, -0.25) is 0 Å². The summed E-state index contributed by atoms with van der Waals surface area (Å²) in [6.07, 6.45) is 0. The molecule has 2 aliphatic heterocycles. The van der Waals surface area contributed by atoms with Crippen molar-refractivity contribution in [1.29, 1.82) is 0 Å². The molecule has 11 rings (SSSR count). The van der Waals surface area contributed by atoms with Crippen LogP contribution in [0.25, 0.3) is 77.2 Å². The van der Waals surface area contributed by atoms with E-state index in [4.69, 9.17) is 0 Å². The van der Waals surface area contributed by atoms with Gasteiger partial charge < -0.3 is 9.13 Å². The van der Waals surface area contributed by atoms with Crippen LogP contribution in [0, 0.1) is 0 Å². The second kappa shape index (κ2) is 10.4. The van der Waals surface area contributed by atoms with E-state index in [9.17, 15) is 0 Å². The molecule has 0 unspecified atom stereocenters. The zero-order chi connectivity index (χ0) is 36.0. The highest BCUT2D eigenvalue weighted by Crippen LogP contribution is 2.44. The van der Waals surface area contributed by atoms with Crippen molar-refractivity contribution in [2.75, 3.05) is 0 Å². The van der Waals surface area contributed by atoms with Crippen molar-refractivity contribution >= 4 is 66.7 Å². The van der Waals surface area contributed by atoms with Gasteiger partial charge in [0.2, 0.25) is 0 Å². The topological polar surface area (TPSA) is 9.86 Å². The molecule has 53 heavy (non-hydrogen) atoms. The standard InChI is InChI=1S/C50H41BN2/c1-49(2,3)33-20-24-41-37(28-33)36-18-13-19-39-47(36)52(41)43-26-32(30-14-9-7-10-15-30)27-44-46(43)51(39)40-23-22-35(31-16-11-8-12-17-31)45-38-29-34(50(4,5)6)21-25-42(38)53(44)48(40)45/h7-29H,1-6H3. The fourth-order valence-electron chi connectivity index (χ4n) is 9.59. The maximum atomic E-state index is 2.62. The van der Waals surface area contributed by atoms with Gasteiger partial charge in [-0.15, -0.1) is 0 Å². The molecule has 4 heterocycles. The summed E-state index contributed by atoms with van der Waals surface area (Å²) in [6.45, 7) is 14.0. The average molecular weight is 681 g/mol. The molecular formula is C50H41BN2. The van der Waals surface area contributed by atoms with Gasteiger partial charge in [0, 0.05) is 44.0 Å². The van der Waals surface area contributed by atoms with E-state index in [1.165, 1.54) is 105 Å². The van der Waals surface area contributed by atoms with Gasteiger partial charge in [0.25, 0.3) is 6.71 Å². The molecule has 0 saturated heterocycles. The molecule has 2 nitrogen and oxygen atoms in total. The predicted molar refractivity (Wildman–Crippen MR) is 228 cm³/mol. The van der Waals surface area contributed by atoms with Gasteiger partial charge in [0.05, 0.1) is 11.0 Å². The van der Waals surface area contributed by atoms with Crippen molar-refractivity contribution in [2.45, 2.75) is 52.4 Å². The first kappa shape index (κ1) is 30.8. The van der Waals surface area contributed by atoms with Gasteiger partial charge in [0.1, 0.15) is 0 Å². The van der Waals surface area contributed by atoms with Gasteiger partial charge in [-0.05, 0) is 97.0 Å². The van der Waals surface area contributed by atoms with E-state index in [1.54, 1.807) is 0 Å². The smallest absolute Gasteiger partial charge is 0.252 e. The van der Waals surface area contributed by atoms with E-state index in [0.29, 0.717) is 0 Å². The fraction of sp³-hybridized carbons (Fsp3) is 0.160. The van der Waals surface area contributed by atoms with Crippen molar-refractivity contribution in [3.8, 4) is 33.6 Å². The second-order valence-electron chi connectivity index (χ2n) is 17.4. The van der Waals surface area contributed by atoms with Crippen LogP contribution in [-0.2, 0) is 10.8 Å². The molecule has 254 valence electrons. The highest BCUT2D eigenvalue weighted by molar-refractivity contribution is 7.00. The van der Waals surface area contributed by atoms with Gasteiger partial charge in [-0.25, -0.2) is 0 Å². The zero-order valence-corrected chi connectivity index (χ0v) is 31.3. The number of fused-ring (bicyclic) bond motifs is 10. The van der Waals surface area contributed by atoms with Crippen LogP contribution in [0.15, 0.2) is 140 Å².